The van der Waals surface area contributed by atoms with E-state index in [-0.39, 0.29) is 19.1 Å². The molecule has 0 bridgehead atoms. The maximum absolute atomic E-state index is 12.7. The van der Waals surface area contributed by atoms with Gasteiger partial charge in [-0.3, -0.25) is 14.6 Å². The summed E-state index contributed by atoms with van der Waals surface area (Å²) in [6, 6.07) is 9.79. The van der Waals surface area contributed by atoms with Gasteiger partial charge >= 0.3 is 0 Å². The average Bonchev–Trinajstić information content (AvgIpc) is 2.93. The second-order valence-corrected chi connectivity index (χ2v) is 6.02. The fraction of sp³-hybridized carbons (Fsp3) is 0.263. The highest BCUT2D eigenvalue weighted by atomic mass is 16.6. The summed E-state index contributed by atoms with van der Waals surface area (Å²) in [5.74, 6) is -0.365. The normalized spacial score (nSPS) is 10.9. The third kappa shape index (κ3) is 3.68. The van der Waals surface area contributed by atoms with Crippen molar-refractivity contribution < 1.29 is 14.7 Å². The summed E-state index contributed by atoms with van der Waals surface area (Å²) in [4.78, 5) is 22.0. The number of hydroxylamine groups is 1. The predicted molar refractivity (Wildman–Crippen MR) is 100 cm³/mol. The van der Waals surface area contributed by atoms with Gasteiger partial charge in [-0.2, -0.15) is 0 Å². The molecule has 0 saturated heterocycles. The minimum atomic E-state index is -0.365. The van der Waals surface area contributed by atoms with Crippen LogP contribution in [0.4, 0.5) is 11.4 Å². The molecule has 7 heteroatoms. The largest absolute Gasteiger partial charge is 0.396 e. The summed E-state index contributed by atoms with van der Waals surface area (Å²) in [5.41, 5.74) is 6.47. The zero-order valence-corrected chi connectivity index (χ0v) is 14.8. The van der Waals surface area contributed by atoms with Crippen LogP contribution in [-0.2, 0) is 11.9 Å². The van der Waals surface area contributed by atoms with E-state index in [0.29, 0.717) is 17.8 Å². The van der Waals surface area contributed by atoms with Crippen molar-refractivity contribution in [2.75, 3.05) is 18.5 Å². The number of anilines is 2. The van der Waals surface area contributed by atoms with Crippen molar-refractivity contribution in [3.05, 3.63) is 54.0 Å². The van der Waals surface area contributed by atoms with Crippen molar-refractivity contribution in [2.45, 2.75) is 13.3 Å². The molecule has 0 atom stereocenters. The number of rotatable bonds is 7. The molecule has 1 amide bonds. The number of amides is 1. The van der Waals surface area contributed by atoms with E-state index in [0.717, 1.165) is 22.2 Å². The maximum Gasteiger partial charge on any atom is 0.293 e. The van der Waals surface area contributed by atoms with Crippen LogP contribution in [0.3, 0.4) is 0 Å². The Morgan fingerprint density at radius 3 is 2.77 bits per heavy atom. The molecule has 0 fully saturated rings. The average molecular weight is 354 g/mol. The number of nitrogens with zero attached hydrogens (tertiary/aromatic N) is 2. The number of benzene rings is 1. The molecule has 0 aliphatic heterocycles. The molecule has 2 heterocycles. The first-order valence-corrected chi connectivity index (χ1v) is 8.41. The highest BCUT2D eigenvalue weighted by Gasteiger charge is 2.21. The summed E-state index contributed by atoms with van der Waals surface area (Å²) in [5, 5.41) is 13.0. The first-order valence-electron chi connectivity index (χ1n) is 8.41. The first kappa shape index (κ1) is 17.9. The molecule has 0 saturated carbocycles. The van der Waals surface area contributed by atoms with E-state index in [9.17, 15) is 4.79 Å². The van der Waals surface area contributed by atoms with Gasteiger partial charge in [-0.25, -0.2) is 5.48 Å². The fourth-order valence-electron chi connectivity index (χ4n) is 2.76. The predicted octanol–water partition coefficient (Wildman–Crippen LogP) is 2.67. The molecule has 26 heavy (non-hydrogen) atoms. The van der Waals surface area contributed by atoms with Crippen LogP contribution in [0.2, 0.25) is 0 Å². The lowest BCUT2D eigenvalue weighted by molar-refractivity contribution is 0.0256. The van der Waals surface area contributed by atoms with Gasteiger partial charge in [0, 0.05) is 37.1 Å². The van der Waals surface area contributed by atoms with Crippen LogP contribution in [-0.4, -0.2) is 33.8 Å². The van der Waals surface area contributed by atoms with Gasteiger partial charge in [0.15, 0.2) is 0 Å². The second kappa shape index (κ2) is 7.99. The van der Waals surface area contributed by atoms with E-state index in [1.54, 1.807) is 17.0 Å². The Morgan fingerprint density at radius 2 is 2.04 bits per heavy atom. The fourth-order valence-corrected chi connectivity index (χ4v) is 2.76. The summed E-state index contributed by atoms with van der Waals surface area (Å²) in [7, 11) is 1.82. The molecular formula is C19H22N4O3. The van der Waals surface area contributed by atoms with Gasteiger partial charge in [-0.15, -0.1) is 0 Å². The minimum Gasteiger partial charge on any atom is -0.396 e. The Hall–Kier alpha value is -2.90. The van der Waals surface area contributed by atoms with Crippen LogP contribution in [0.1, 0.15) is 22.5 Å². The monoisotopic (exact) mass is 354 g/mol. The number of nitrogens with one attached hydrogen (secondary N) is 2. The Bertz CT molecular complexity index is 903. The summed E-state index contributed by atoms with van der Waals surface area (Å²) < 4.78 is 1.80. The highest BCUT2D eigenvalue weighted by Crippen LogP contribution is 2.32. The molecule has 3 aromatic rings. The topological polar surface area (TPSA) is 88.4 Å². The van der Waals surface area contributed by atoms with Crippen LogP contribution >= 0.6 is 0 Å². The van der Waals surface area contributed by atoms with Gasteiger partial charge in [-0.05, 0) is 31.5 Å². The molecular weight excluding hydrogens is 332 g/mol. The van der Waals surface area contributed by atoms with Crippen molar-refractivity contribution in [3.8, 4) is 0 Å². The van der Waals surface area contributed by atoms with Gasteiger partial charge < -0.3 is 15.0 Å². The number of aromatic nitrogens is 2. The van der Waals surface area contributed by atoms with Gasteiger partial charge in [0.05, 0.1) is 17.8 Å². The van der Waals surface area contributed by atoms with E-state index >= 15 is 0 Å². The summed E-state index contributed by atoms with van der Waals surface area (Å²) in [6.07, 6.45) is 3.88. The van der Waals surface area contributed by atoms with Crippen molar-refractivity contribution in [1.82, 2.24) is 15.0 Å². The Morgan fingerprint density at radius 1 is 1.27 bits per heavy atom. The lowest BCUT2D eigenvalue weighted by Gasteiger charge is -2.11. The number of aryl methyl sites for hydroxylation is 2. The van der Waals surface area contributed by atoms with E-state index < -0.39 is 0 Å². The van der Waals surface area contributed by atoms with Crippen LogP contribution in [0.15, 0.2) is 42.7 Å². The van der Waals surface area contributed by atoms with Crippen LogP contribution < -0.4 is 10.8 Å². The molecule has 7 nitrogen and oxygen atoms in total. The lowest BCUT2D eigenvalue weighted by atomic mass is 10.2. The molecule has 0 radical (unpaired) electrons. The van der Waals surface area contributed by atoms with Gasteiger partial charge in [0.1, 0.15) is 5.69 Å². The molecule has 0 aliphatic rings. The van der Waals surface area contributed by atoms with Gasteiger partial charge in [0.2, 0.25) is 0 Å². The van der Waals surface area contributed by atoms with E-state index in [4.69, 9.17) is 9.94 Å². The quantitative estimate of drug-likeness (QED) is 0.448. The number of fused-ring (bicyclic) bond motifs is 1. The number of hydrogen-bond donors (Lipinski definition) is 3. The minimum absolute atomic E-state index is 0.00973. The molecule has 136 valence electrons. The third-order valence-electron chi connectivity index (χ3n) is 4.11. The summed E-state index contributed by atoms with van der Waals surface area (Å²) in [6.45, 7) is 2.28. The zero-order chi connectivity index (χ0) is 18.5. The smallest absolute Gasteiger partial charge is 0.293 e. The molecule has 0 aliphatic carbocycles. The molecule has 0 unspecified atom stereocenters. The highest BCUT2D eigenvalue weighted by molar-refractivity contribution is 6.09. The van der Waals surface area contributed by atoms with E-state index in [2.05, 4.69) is 15.8 Å². The maximum atomic E-state index is 12.7. The number of hydrogen-bond acceptors (Lipinski definition) is 5. The van der Waals surface area contributed by atoms with Crippen molar-refractivity contribution in [3.63, 3.8) is 0 Å². The number of aliphatic hydroxyl groups is 1. The van der Waals surface area contributed by atoms with Crippen molar-refractivity contribution in [1.29, 1.82) is 0 Å². The van der Waals surface area contributed by atoms with Crippen molar-refractivity contribution in [2.24, 2.45) is 7.05 Å². The molecule has 1 aromatic carbocycles. The van der Waals surface area contributed by atoms with Crippen LogP contribution in [0.25, 0.3) is 10.9 Å². The lowest BCUT2D eigenvalue weighted by Crippen LogP contribution is -2.27. The molecule has 2 aromatic heterocycles. The Kier molecular flexibility index (Phi) is 5.50. The Labute approximate surface area is 151 Å². The molecule has 3 N–H and O–H groups in total. The van der Waals surface area contributed by atoms with E-state index in [1.165, 1.54) is 0 Å². The van der Waals surface area contributed by atoms with Crippen LogP contribution in [0, 0.1) is 6.92 Å². The third-order valence-corrected chi connectivity index (χ3v) is 4.11. The van der Waals surface area contributed by atoms with Crippen molar-refractivity contribution >= 4 is 28.2 Å². The van der Waals surface area contributed by atoms with Crippen LogP contribution in [0.5, 0.6) is 0 Å². The number of carbonyl (C=O) groups is 1. The molecule has 0 spiro atoms. The first-order chi connectivity index (χ1) is 12.6. The van der Waals surface area contributed by atoms with Gasteiger partial charge in [0.25, 0.3) is 5.91 Å². The number of carbonyl (C=O) groups excluding carboxylic acids is 1. The zero-order valence-electron chi connectivity index (χ0n) is 14.8. The number of pyridine rings is 1. The standard InChI is InChI=1S/C19H22N4O3/c1-13-4-6-14(7-5-13)21-17-15-12-20-9-8-16(15)23(2)18(17)19(25)22-26-11-3-10-24/h4-9,12,21,24H,3,10-11H2,1-2H3,(H,22,25). The molecule has 3 rings (SSSR count). The SMILES string of the molecule is Cc1ccc(Nc2c(C(=O)NOCCCO)n(C)c3ccncc23)cc1. The Balaban J connectivity index is 1.96. The number of aliphatic hydroxyl groups excluding tert-OH is 1. The summed E-state index contributed by atoms with van der Waals surface area (Å²) >= 11 is 0. The van der Waals surface area contributed by atoms with E-state index in [1.807, 2.05) is 44.3 Å². The second-order valence-electron chi connectivity index (χ2n) is 6.02. The van der Waals surface area contributed by atoms with Gasteiger partial charge in [-0.1, -0.05) is 17.7 Å².